The van der Waals surface area contributed by atoms with E-state index in [0.29, 0.717) is 19.8 Å². The fraction of sp³-hybridized carbons (Fsp3) is 0.500. The van der Waals surface area contributed by atoms with Crippen molar-refractivity contribution in [2.24, 2.45) is 5.41 Å². The van der Waals surface area contributed by atoms with Crippen molar-refractivity contribution in [3.8, 4) is 5.75 Å². The fourth-order valence-corrected chi connectivity index (χ4v) is 2.11. The van der Waals surface area contributed by atoms with E-state index in [9.17, 15) is 9.90 Å². The third-order valence-corrected chi connectivity index (χ3v) is 3.44. The van der Waals surface area contributed by atoms with Gasteiger partial charge in [0.25, 0.3) is 0 Å². The van der Waals surface area contributed by atoms with Crippen molar-refractivity contribution in [2.75, 3.05) is 34.0 Å². The fourth-order valence-electron chi connectivity index (χ4n) is 2.11. The zero-order valence-electron chi connectivity index (χ0n) is 11.3. The largest absolute Gasteiger partial charge is 0.497 e. The van der Waals surface area contributed by atoms with Crippen molar-refractivity contribution >= 4 is 5.91 Å². The summed E-state index contributed by atoms with van der Waals surface area (Å²) in [7, 11) is 3.36. The van der Waals surface area contributed by atoms with Crippen LogP contribution in [0, 0.1) is 5.41 Å². The van der Waals surface area contributed by atoms with E-state index < -0.39 is 5.41 Å². The third-order valence-electron chi connectivity index (χ3n) is 3.44. The number of aliphatic hydroxyl groups is 1. The average molecular weight is 265 g/mol. The number of carbonyl (C=O) groups excluding carboxylic acids is 1. The Kier molecular flexibility index (Phi) is 4.07. The Bertz CT molecular complexity index is 434. The lowest BCUT2D eigenvalue weighted by molar-refractivity contribution is -0.179. The van der Waals surface area contributed by atoms with Gasteiger partial charge in [0.15, 0.2) is 0 Å². The molecule has 1 amide bonds. The highest BCUT2D eigenvalue weighted by atomic mass is 16.5. The summed E-state index contributed by atoms with van der Waals surface area (Å²) < 4.78 is 10.1. The third kappa shape index (κ3) is 2.72. The van der Waals surface area contributed by atoms with Gasteiger partial charge in [0.1, 0.15) is 11.2 Å². The molecule has 0 spiro atoms. The molecule has 1 aliphatic heterocycles. The molecule has 0 aliphatic carbocycles. The van der Waals surface area contributed by atoms with Gasteiger partial charge in [-0.1, -0.05) is 12.1 Å². The van der Waals surface area contributed by atoms with Gasteiger partial charge in [-0.2, -0.15) is 0 Å². The maximum absolute atomic E-state index is 12.3. The molecular formula is C14H19NO4. The number of benzene rings is 1. The van der Waals surface area contributed by atoms with Gasteiger partial charge in [-0.15, -0.1) is 0 Å². The van der Waals surface area contributed by atoms with Gasteiger partial charge in [-0.25, -0.2) is 0 Å². The number of hydrogen-bond donors (Lipinski definition) is 1. The van der Waals surface area contributed by atoms with Crippen LogP contribution in [0.15, 0.2) is 24.3 Å². The standard InChI is InChI=1S/C14H19NO4/c1-15(13(17)14(8-16)9-19-10-14)7-11-3-5-12(18-2)6-4-11/h3-6,16H,7-10H2,1-2H3. The number of aliphatic hydroxyl groups excluding tert-OH is 1. The molecule has 104 valence electrons. The molecule has 1 fully saturated rings. The molecule has 1 aliphatic rings. The Morgan fingerprint density at radius 1 is 1.42 bits per heavy atom. The molecule has 5 nitrogen and oxygen atoms in total. The Labute approximate surface area is 112 Å². The summed E-state index contributed by atoms with van der Waals surface area (Å²) in [6.45, 7) is 0.938. The van der Waals surface area contributed by atoms with E-state index in [2.05, 4.69) is 0 Å². The van der Waals surface area contributed by atoms with Crippen LogP contribution >= 0.6 is 0 Å². The van der Waals surface area contributed by atoms with Crippen molar-refractivity contribution < 1.29 is 19.4 Å². The number of amides is 1. The van der Waals surface area contributed by atoms with Crippen LogP contribution in [0.2, 0.25) is 0 Å². The summed E-state index contributed by atoms with van der Waals surface area (Å²) in [5.74, 6) is 0.717. The maximum atomic E-state index is 12.3. The van der Waals surface area contributed by atoms with E-state index in [4.69, 9.17) is 9.47 Å². The second-order valence-electron chi connectivity index (χ2n) is 4.94. The molecule has 1 saturated heterocycles. The SMILES string of the molecule is COc1ccc(CN(C)C(=O)C2(CO)COC2)cc1. The van der Waals surface area contributed by atoms with Crippen LogP contribution in [0.3, 0.4) is 0 Å². The van der Waals surface area contributed by atoms with Crippen LogP contribution in [-0.2, 0) is 16.1 Å². The molecule has 0 atom stereocenters. The summed E-state index contributed by atoms with van der Waals surface area (Å²) in [5.41, 5.74) is 0.284. The van der Waals surface area contributed by atoms with Crippen molar-refractivity contribution in [3.05, 3.63) is 29.8 Å². The normalized spacial score (nSPS) is 16.6. The van der Waals surface area contributed by atoms with E-state index in [-0.39, 0.29) is 12.5 Å². The Balaban J connectivity index is 1.99. The van der Waals surface area contributed by atoms with E-state index >= 15 is 0 Å². The molecule has 5 heteroatoms. The molecular weight excluding hydrogens is 246 g/mol. The topological polar surface area (TPSA) is 59.0 Å². The molecule has 1 heterocycles. The molecule has 19 heavy (non-hydrogen) atoms. The summed E-state index contributed by atoms with van der Waals surface area (Å²) >= 11 is 0. The Morgan fingerprint density at radius 2 is 2.05 bits per heavy atom. The lowest BCUT2D eigenvalue weighted by atomic mass is 9.85. The van der Waals surface area contributed by atoms with Gasteiger partial charge < -0.3 is 19.5 Å². The molecule has 0 unspecified atom stereocenters. The van der Waals surface area contributed by atoms with E-state index in [1.54, 1.807) is 19.1 Å². The minimum Gasteiger partial charge on any atom is -0.497 e. The zero-order chi connectivity index (χ0) is 13.9. The Morgan fingerprint density at radius 3 is 2.47 bits per heavy atom. The van der Waals surface area contributed by atoms with Gasteiger partial charge in [0.2, 0.25) is 5.91 Å². The predicted octanol–water partition coefficient (Wildman–Crippen LogP) is 0.662. The van der Waals surface area contributed by atoms with Gasteiger partial charge in [0.05, 0.1) is 26.9 Å². The summed E-state index contributed by atoms with van der Waals surface area (Å²) in [6.07, 6.45) is 0. The molecule has 1 aromatic carbocycles. The van der Waals surface area contributed by atoms with Crippen LogP contribution in [0.1, 0.15) is 5.56 Å². The first kappa shape index (κ1) is 13.8. The number of methoxy groups -OCH3 is 1. The van der Waals surface area contributed by atoms with Crippen LogP contribution < -0.4 is 4.74 Å². The highest BCUT2D eigenvalue weighted by Gasteiger charge is 2.46. The van der Waals surface area contributed by atoms with Crippen molar-refractivity contribution in [3.63, 3.8) is 0 Å². The number of ether oxygens (including phenoxy) is 2. The molecule has 0 radical (unpaired) electrons. The summed E-state index contributed by atoms with van der Waals surface area (Å²) in [6, 6.07) is 7.57. The number of carbonyl (C=O) groups is 1. The highest BCUT2D eigenvalue weighted by Crippen LogP contribution is 2.29. The number of nitrogens with zero attached hydrogens (tertiary/aromatic N) is 1. The molecule has 0 aromatic heterocycles. The highest BCUT2D eigenvalue weighted by molar-refractivity contribution is 5.83. The van der Waals surface area contributed by atoms with Crippen molar-refractivity contribution in [1.29, 1.82) is 0 Å². The predicted molar refractivity (Wildman–Crippen MR) is 69.8 cm³/mol. The average Bonchev–Trinajstić information content (AvgIpc) is 2.39. The quantitative estimate of drug-likeness (QED) is 0.850. The molecule has 0 bridgehead atoms. The van der Waals surface area contributed by atoms with Gasteiger partial charge in [-0.05, 0) is 17.7 Å². The van der Waals surface area contributed by atoms with Crippen LogP contribution in [0.4, 0.5) is 0 Å². The van der Waals surface area contributed by atoms with Gasteiger partial charge in [-0.3, -0.25) is 4.79 Å². The second-order valence-corrected chi connectivity index (χ2v) is 4.94. The summed E-state index contributed by atoms with van der Waals surface area (Å²) in [5, 5.41) is 9.35. The molecule has 1 aromatic rings. The van der Waals surface area contributed by atoms with E-state index in [1.807, 2.05) is 24.3 Å². The zero-order valence-corrected chi connectivity index (χ0v) is 11.3. The summed E-state index contributed by atoms with van der Waals surface area (Å²) in [4.78, 5) is 13.9. The first-order chi connectivity index (χ1) is 9.11. The second kappa shape index (κ2) is 5.59. The lowest BCUT2D eigenvalue weighted by Gasteiger charge is -2.40. The van der Waals surface area contributed by atoms with Crippen LogP contribution in [0.5, 0.6) is 5.75 Å². The first-order valence-corrected chi connectivity index (χ1v) is 6.18. The minimum absolute atomic E-state index is 0.0722. The molecule has 0 saturated carbocycles. The van der Waals surface area contributed by atoms with E-state index in [1.165, 1.54) is 0 Å². The molecule has 1 N–H and O–H groups in total. The Hall–Kier alpha value is -1.59. The number of rotatable bonds is 5. The smallest absolute Gasteiger partial charge is 0.235 e. The van der Waals surface area contributed by atoms with Gasteiger partial charge in [0, 0.05) is 13.6 Å². The monoisotopic (exact) mass is 265 g/mol. The maximum Gasteiger partial charge on any atom is 0.235 e. The van der Waals surface area contributed by atoms with Crippen LogP contribution in [-0.4, -0.2) is 49.9 Å². The number of hydrogen-bond acceptors (Lipinski definition) is 4. The molecule has 2 rings (SSSR count). The van der Waals surface area contributed by atoms with Crippen LogP contribution in [0.25, 0.3) is 0 Å². The van der Waals surface area contributed by atoms with E-state index in [0.717, 1.165) is 11.3 Å². The minimum atomic E-state index is -0.735. The lowest BCUT2D eigenvalue weighted by Crippen LogP contribution is -2.56. The van der Waals surface area contributed by atoms with Gasteiger partial charge >= 0.3 is 0 Å². The van der Waals surface area contributed by atoms with Crippen molar-refractivity contribution in [2.45, 2.75) is 6.54 Å². The van der Waals surface area contributed by atoms with Crippen molar-refractivity contribution in [1.82, 2.24) is 4.90 Å². The first-order valence-electron chi connectivity index (χ1n) is 6.18.